The van der Waals surface area contributed by atoms with Crippen LogP contribution in [-0.4, -0.2) is 89.2 Å². The zero-order valence-corrected chi connectivity index (χ0v) is 46.8. The van der Waals surface area contributed by atoms with Gasteiger partial charge in [0.25, 0.3) is 0 Å². The highest BCUT2D eigenvalue weighted by Crippen LogP contribution is 2.26. The number of aliphatic hydroxyl groups excluding tert-OH is 2. The van der Waals surface area contributed by atoms with Crippen molar-refractivity contribution in [1.82, 2.24) is 0 Å². The standard InChI is InChI=1S/C63H102O12/c1-4-7-10-13-16-19-22-24-26-28-30-32-35-37-40-43-46-49-55(64)71-52-54(73-56(65)50-47-44-41-39-36-33-31-29-27-25-23-20-17-14-11-8-5-2)53-72-63-61(59(68)58(67)60(75-63)62(69)70)74-57(66)51-48-45-42-38-34-21-18-15-12-9-6-3/h7-8,10-11,16-17,19-20,24-27,30,32,37,40,54,58-61,63,67-68H,4-6,9,12-15,18,21-23,28-29,31,33-36,38-39,41-53H2,1-3H3,(H,69,70)/b10-7-,11-8-,19-16-,20-17-,26-24-,27-25-,32-30-,40-37-. The quantitative estimate of drug-likeness (QED) is 0.0228. The highest BCUT2D eigenvalue weighted by molar-refractivity contribution is 5.74. The molecule has 1 aliphatic heterocycles. The van der Waals surface area contributed by atoms with Crippen molar-refractivity contribution in [1.29, 1.82) is 0 Å². The minimum atomic E-state index is -1.91. The molecule has 6 atom stereocenters. The van der Waals surface area contributed by atoms with Gasteiger partial charge >= 0.3 is 23.9 Å². The molecule has 0 spiro atoms. The second-order valence-corrected chi connectivity index (χ2v) is 19.5. The number of esters is 3. The lowest BCUT2D eigenvalue weighted by Crippen LogP contribution is -2.61. The average Bonchev–Trinajstić information content (AvgIpc) is 3.39. The summed E-state index contributed by atoms with van der Waals surface area (Å²) in [5.41, 5.74) is 0. The predicted octanol–water partition coefficient (Wildman–Crippen LogP) is 14.9. The highest BCUT2D eigenvalue weighted by atomic mass is 16.7. The predicted molar refractivity (Wildman–Crippen MR) is 303 cm³/mol. The van der Waals surface area contributed by atoms with Gasteiger partial charge in [-0.05, 0) is 89.9 Å². The van der Waals surface area contributed by atoms with Crippen LogP contribution in [0.1, 0.15) is 226 Å². The van der Waals surface area contributed by atoms with E-state index in [0.717, 1.165) is 122 Å². The van der Waals surface area contributed by atoms with Crippen LogP contribution in [0.2, 0.25) is 0 Å². The fraction of sp³-hybridized carbons (Fsp3) is 0.683. The first kappa shape index (κ1) is 68.7. The molecule has 12 nitrogen and oxygen atoms in total. The van der Waals surface area contributed by atoms with Crippen molar-refractivity contribution in [2.45, 2.75) is 263 Å². The van der Waals surface area contributed by atoms with E-state index < -0.39 is 67.3 Å². The molecule has 0 aromatic heterocycles. The Bertz CT molecular complexity index is 1670. The van der Waals surface area contributed by atoms with Gasteiger partial charge in [-0.2, -0.15) is 0 Å². The van der Waals surface area contributed by atoms with E-state index in [-0.39, 0.29) is 25.9 Å². The normalized spacial score (nSPS) is 18.9. The molecule has 1 saturated heterocycles. The number of rotatable bonds is 48. The summed E-state index contributed by atoms with van der Waals surface area (Å²) < 4.78 is 28.3. The third-order valence-electron chi connectivity index (χ3n) is 12.7. The Kier molecular flexibility index (Phi) is 46.2. The van der Waals surface area contributed by atoms with E-state index in [9.17, 15) is 34.5 Å². The zero-order valence-electron chi connectivity index (χ0n) is 46.8. The molecule has 0 amide bonds. The van der Waals surface area contributed by atoms with E-state index in [1.807, 2.05) is 6.08 Å². The van der Waals surface area contributed by atoms with Crippen molar-refractivity contribution in [2.75, 3.05) is 13.2 Å². The topological polar surface area (TPSA) is 175 Å². The maximum atomic E-state index is 13.1. The van der Waals surface area contributed by atoms with Crippen LogP contribution in [0.3, 0.4) is 0 Å². The van der Waals surface area contributed by atoms with Gasteiger partial charge in [-0.25, -0.2) is 4.79 Å². The number of hydrogen-bond donors (Lipinski definition) is 3. The van der Waals surface area contributed by atoms with Crippen LogP contribution in [0.25, 0.3) is 0 Å². The first-order chi connectivity index (χ1) is 36.6. The number of ether oxygens (including phenoxy) is 5. The fourth-order valence-corrected chi connectivity index (χ4v) is 8.24. The molecule has 0 bridgehead atoms. The van der Waals surface area contributed by atoms with Gasteiger partial charge in [0, 0.05) is 19.3 Å². The molecule has 0 radical (unpaired) electrons. The number of allylic oxidation sites excluding steroid dienone is 16. The SMILES string of the molecule is CC/C=C\C/C=C\C/C=C\C/C=C\C/C=C\CCCC(=O)OCC(COC1OC(C(=O)O)C(O)C(O)C1OC(=O)CCCCCCCCCCCCC)OC(=O)CCCCCCCCC/C=C\C/C=C\C/C=C\CC. The van der Waals surface area contributed by atoms with Crippen molar-refractivity contribution >= 4 is 23.9 Å². The molecule has 0 aromatic rings. The number of carboxylic acid groups (broad SMARTS) is 1. The van der Waals surface area contributed by atoms with Gasteiger partial charge in [0.1, 0.15) is 18.8 Å². The Morgan fingerprint density at radius 3 is 1.32 bits per heavy atom. The summed E-state index contributed by atoms with van der Waals surface area (Å²) in [4.78, 5) is 51.1. The van der Waals surface area contributed by atoms with Crippen LogP contribution in [0, 0.1) is 0 Å². The van der Waals surface area contributed by atoms with Gasteiger partial charge in [0.05, 0.1) is 6.61 Å². The van der Waals surface area contributed by atoms with E-state index in [2.05, 4.69) is 112 Å². The second-order valence-electron chi connectivity index (χ2n) is 19.5. The van der Waals surface area contributed by atoms with Crippen molar-refractivity contribution in [2.24, 2.45) is 0 Å². The number of unbranched alkanes of at least 4 members (excludes halogenated alkanes) is 18. The van der Waals surface area contributed by atoms with Gasteiger partial charge < -0.3 is 39.0 Å². The van der Waals surface area contributed by atoms with Crippen molar-refractivity contribution in [3.05, 3.63) is 97.2 Å². The molecule has 12 heteroatoms. The van der Waals surface area contributed by atoms with Crippen LogP contribution < -0.4 is 0 Å². The molecule has 1 fully saturated rings. The number of aliphatic carboxylic acids is 1. The van der Waals surface area contributed by atoms with E-state index in [1.165, 1.54) is 38.5 Å². The number of carbonyl (C=O) groups is 4. The molecule has 0 saturated carbocycles. The summed E-state index contributed by atoms with van der Waals surface area (Å²) in [6, 6.07) is 0. The van der Waals surface area contributed by atoms with Gasteiger partial charge in [-0.3, -0.25) is 14.4 Å². The first-order valence-corrected chi connectivity index (χ1v) is 29.2. The molecule has 1 aliphatic rings. The first-order valence-electron chi connectivity index (χ1n) is 29.2. The Balaban J connectivity index is 2.74. The van der Waals surface area contributed by atoms with Crippen LogP contribution in [0.5, 0.6) is 0 Å². The largest absolute Gasteiger partial charge is 0.479 e. The lowest BCUT2D eigenvalue weighted by atomic mass is 9.98. The monoisotopic (exact) mass is 1050 g/mol. The van der Waals surface area contributed by atoms with E-state index in [4.69, 9.17) is 23.7 Å². The Morgan fingerprint density at radius 2 is 0.853 bits per heavy atom. The van der Waals surface area contributed by atoms with E-state index in [1.54, 1.807) is 0 Å². The summed E-state index contributed by atoms with van der Waals surface area (Å²) in [7, 11) is 0. The van der Waals surface area contributed by atoms with E-state index >= 15 is 0 Å². The third-order valence-corrected chi connectivity index (χ3v) is 12.7. The molecule has 1 rings (SSSR count). The minimum Gasteiger partial charge on any atom is -0.479 e. The van der Waals surface area contributed by atoms with Crippen LogP contribution in [0.15, 0.2) is 97.2 Å². The van der Waals surface area contributed by atoms with Crippen molar-refractivity contribution < 1.29 is 58.2 Å². The maximum absolute atomic E-state index is 13.1. The highest BCUT2D eigenvalue weighted by Gasteiger charge is 2.50. The number of hydrogen-bond acceptors (Lipinski definition) is 11. The maximum Gasteiger partial charge on any atom is 0.335 e. The van der Waals surface area contributed by atoms with Gasteiger partial charge in [0.2, 0.25) is 0 Å². The van der Waals surface area contributed by atoms with Crippen molar-refractivity contribution in [3.63, 3.8) is 0 Å². The van der Waals surface area contributed by atoms with Crippen LogP contribution in [-0.2, 0) is 42.9 Å². The Hall–Kier alpha value is -4.36. The fourth-order valence-electron chi connectivity index (χ4n) is 8.24. The number of carboxylic acids is 1. The summed E-state index contributed by atoms with van der Waals surface area (Å²) in [5, 5.41) is 31.4. The van der Waals surface area contributed by atoms with E-state index in [0.29, 0.717) is 25.7 Å². The molecule has 1 heterocycles. The Morgan fingerprint density at radius 1 is 0.453 bits per heavy atom. The molecular formula is C63H102O12. The third kappa shape index (κ3) is 40.6. The van der Waals surface area contributed by atoms with Gasteiger partial charge in [0.15, 0.2) is 24.6 Å². The summed E-state index contributed by atoms with van der Waals surface area (Å²) in [6.45, 7) is 5.69. The zero-order chi connectivity index (χ0) is 54.7. The molecule has 75 heavy (non-hydrogen) atoms. The van der Waals surface area contributed by atoms with Crippen molar-refractivity contribution in [3.8, 4) is 0 Å². The molecule has 0 aromatic carbocycles. The summed E-state index contributed by atoms with van der Waals surface area (Å²) >= 11 is 0. The summed E-state index contributed by atoms with van der Waals surface area (Å²) in [5.74, 6) is -3.22. The number of carbonyl (C=O) groups excluding carboxylic acids is 3. The second kappa shape index (κ2) is 50.5. The molecule has 6 unspecified atom stereocenters. The van der Waals surface area contributed by atoms with Gasteiger partial charge in [-0.1, -0.05) is 214 Å². The molecule has 426 valence electrons. The van der Waals surface area contributed by atoms with Crippen LogP contribution in [0.4, 0.5) is 0 Å². The summed E-state index contributed by atoms with van der Waals surface area (Å²) in [6.07, 6.45) is 53.9. The number of aliphatic hydroxyl groups is 2. The molecule has 0 aliphatic carbocycles. The van der Waals surface area contributed by atoms with Gasteiger partial charge in [-0.15, -0.1) is 0 Å². The smallest absolute Gasteiger partial charge is 0.335 e. The molecule has 3 N–H and O–H groups in total. The van der Waals surface area contributed by atoms with Crippen LogP contribution >= 0.6 is 0 Å². The lowest BCUT2D eigenvalue weighted by Gasteiger charge is -2.40. The lowest BCUT2D eigenvalue weighted by molar-refractivity contribution is -0.301. The molecular weight excluding hydrogens is 949 g/mol. The minimum absolute atomic E-state index is 0.0520. The average molecular weight is 1050 g/mol. The Labute approximate surface area is 453 Å².